The van der Waals surface area contributed by atoms with Gasteiger partial charge in [-0.3, -0.25) is 4.79 Å². The van der Waals surface area contributed by atoms with Crippen molar-refractivity contribution in [1.82, 2.24) is 0 Å². The zero-order valence-electron chi connectivity index (χ0n) is 10.6. The van der Waals surface area contributed by atoms with Gasteiger partial charge in [0.2, 0.25) is 0 Å². The first-order valence-electron chi connectivity index (χ1n) is 6.63. The van der Waals surface area contributed by atoms with Crippen LogP contribution in [-0.4, -0.2) is 17.5 Å². The minimum atomic E-state index is 0.112. The first kappa shape index (κ1) is 10.8. The standard InChI is InChI=1S/C14H22O2/c1-13(2)8-9-10(13)6-7-14(3)12(16-14)5-4-11(9)15/h9-10,12H,4-8H2,1-3H3/t9?,10-,12+,14-/m1/s1. The SMILES string of the molecule is CC1(C)CC2C(=O)CC[C@@H]3O[C@]3(C)CC[C@H]21. The number of fused-ring (bicyclic) bond motifs is 2. The van der Waals surface area contributed by atoms with Crippen molar-refractivity contribution in [3.05, 3.63) is 0 Å². The molecule has 1 saturated heterocycles. The van der Waals surface area contributed by atoms with Gasteiger partial charge >= 0.3 is 0 Å². The van der Waals surface area contributed by atoms with E-state index in [-0.39, 0.29) is 5.60 Å². The molecule has 2 saturated carbocycles. The van der Waals surface area contributed by atoms with Crippen molar-refractivity contribution in [2.75, 3.05) is 0 Å². The second-order valence-electron chi connectivity index (χ2n) is 6.87. The summed E-state index contributed by atoms with van der Waals surface area (Å²) in [6, 6.07) is 0. The Morgan fingerprint density at radius 2 is 2.00 bits per heavy atom. The third-order valence-corrected chi connectivity index (χ3v) is 5.29. The van der Waals surface area contributed by atoms with Gasteiger partial charge in [0, 0.05) is 12.3 Å². The van der Waals surface area contributed by atoms with Crippen LogP contribution in [0.1, 0.15) is 52.9 Å². The average molecular weight is 222 g/mol. The van der Waals surface area contributed by atoms with Gasteiger partial charge in [-0.05, 0) is 43.9 Å². The normalized spacial score (nSPS) is 50.2. The Bertz CT molecular complexity index is 334. The molecule has 0 aromatic rings. The Morgan fingerprint density at radius 1 is 1.25 bits per heavy atom. The summed E-state index contributed by atoms with van der Waals surface area (Å²) in [4.78, 5) is 12.1. The summed E-state index contributed by atoms with van der Waals surface area (Å²) < 4.78 is 5.75. The lowest BCUT2D eigenvalue weighted by Gasteiger charge is -2.51. The molecule has 3 aliphatic rings. The summed E-state index contributed by atoms with van der Waals surface area (Å²) in [5.74, 6) is 1.49. The number of ketones is 1. The fraction of sp³-hybridized carbons (Fsp3) is 0.929. The third-order valence-electron chi connectivity index (χ3n) is 5.29. The maximum Gasteiger partial charge on any atom is 0.136 e. The first-order chi connectivity index (χ1) is 7.42. The molecular formula is C14H22O2. The lowest BCUT2D eigenvalue weighted by molar-refractivity contribution is -0.137. The lowest BCUT2D eigenvalue weighted by Crippen LogP contribution is -2.47. The minimum Gasteiger partial charge on any atom is -0.366 e. The summed E-state index contributed by atoms with van der Waals surface area (Å²) in [5.41, 5.74) is 0.492. The van der Waals surface area contributed by atoms with E-state index >= 15 is 0 Å². The van der Waals surface area contributed by atoms with Gasteiger partial charge in [0.25, 0.3) is 0 Å². The molecule has 16 heavy (non-hydrogen) atoms. The topological polar surface area (TPSA) is 29.6 Å². The largest absolute Gasteiger partial charge is 0.366 e. The molecule has 1 heterocycles. The minimum absolute atomic E-state index is 0.112. The zero-order chi connectivity index (χ0) is 11.6. The predicted molar refractivity (Wildman–Crippen MR) is 62.1 cm³/mol. The quantitative estimate of drug-likeness (QED) is 0.590. The predicted octanol–water partition coefficient (Wildman–Crippen LogP) is 2.95. The fourth-order valence-corrected chi connectivity index (χ4v) is 3.95. The van der Waals surface area contributed by atoms with E-state index in [0.717, 1.165) is 25.7 Å². The van der Waals surface area contributed by atoms with Crippen LogP contribution < -0.4 is 0 Å². The van der Waals surface area contributed by atoms with Gasteiger partial charge in [-0.25, -0.2) is 0 Å². The van der Waals surface area contributed by atoms with Gasteiger partial charge < -0.3 is 4.74 Å². The molecule has 90 valence electrons. The van der Waals surface area contributed by atoms with Crippen molar-refractivity contribution in [2.45, 2.75) is 64.6 Å². The van der Waals surface area contributed by atoms with Crippen LogP contribution in [0.2, 0.25) is 0 Å². The first-order valence-corrected chi connectivity index (χ1v) is 6.63. The Hall–Kier alpha value is -0.370. The van der Waals surface area contributed by atoms with Crippen molar-refractivity contribution >= 4 is 5.78 Å². The third kappa shape index (κ3) is 1.46. The van der Waals surface area contributed by atoms with Crippen molar-refractivity contribution in [3.63, 3.8) is 0 Å². The van der Waals surface area contributed by atoms with Gasteiger partial charge in [0.05, 0.1) is 11.7 Å². The molecule has 0 spiro atoms. The van der Waals surface area contributed by atoms with E-state index in [1.807, 2.05) is 0 Å². The molecule has 3 rings (SSSR count). The molecule has 4 atom stereocenters. The van der Waals surface area contributed by atoms with Gasteiger partial charge in [-0.15, -0.1) is 0 Å². The molecule has 3 fully saturated rings. The summed E-state index contributed by atoms with van der Waals surface area (Å²) >= 11 is 0. The molecule has 1 aliphatic heterocycles. The van der Waals surface area contributed by atoms with Crippen molar-refractivity contribution in [1.29, 1.82) is 0 Å². The molecule has 1 unspecified atom stereocenters. The van der Waals surface area contributed by atoms with Crippen LogP contribution in [0.25, 0.3) is 0 Å². The number of carbonyl (C=O) groups is 1. The molecular weight excluding hydrogens is 200 g/mol. The molecule has 2 aliphatic carbocycles. The summed E-state index contributed by atoms with van der Waals surface area (Å²) in [7, 11) is 0. The molecule has 0 N–H and O–H groups in total. The van der Waals surface area contributed by atoms with Crippen molar-refractivity contribution < 1.29 is 9.53 Å². The van der Waals surface area contributed by atoms with E-state index in [1.165, 1.54) is 6.42 Å². The van der Waals surface area contributed by atoms with Crippen molar-refractivity contribution in [2.24, 2.45) is 17.3 Å². The molecule has 0 aromatic heterocycles. The Balaban J connectivity index is 1.78. The number of hydrogen-bond acceptors (Lipinski definition) is 2. The summed E-state index contributed by atoms with van der Waals surface area (Å²) in [6.45, 7) is 6.84. The monoisotopic (exact) mass is 222 g/mol. The van der Waals surface area contributed by atoms with Crippen LogP contribution >= 0.6 is 0 Å². The molecule has 0 radical (unpaired) electrons. The van der Waals surface area contributed by atoms with E-state index in [2.05, 4.69) is 20.8 Å². The highest BCUT2D eigenvalue weighted by molar-refractivity contribution is 5.82. The molecule has 0 bridgehead atoms. The van der Waals surface area contributed by atoms with Gasteiger partial charge in [0.1, 0.15) is 5.78 Å². The van der Waals surface area contributed by atoms with Crippen LogP contribution in [0.15, 0.2) is 0 Å². The van der Waals surface area contributed by atoms with E-state index < -0.39 is 0 Å². The number of epoxide rings is 1. The van der Waals surface area contributed by atoms with E-state index in [0.29, 0.717) is 29.1 Å². The van der Waals surface area contributed by atoms with Gasteiger partial charge in [-0.1, -0.05) is 13.8 Å². The van der Waals surface area contributed by atoms with E-state index in [1.54, 1.807) is 0 Å². The highest BCUT2D eigenvalue weighted by Gasteiger charge is 2.56. The number of Topliss-reactive ketones (excluding diaryl/α,β-unsaturated/α-hetero) is 1. The van der Waals surface area contributed by atoms with Crippen molar-refractivity contribution in [3.8, 4) is 0 Å². The second kappa shape index (κ2) is 3.10. The smallest absolute Gasteiger partial charge is 0.136 e. The fourth-order valence-electron chi connectivity index (χ4n) is 3.95. The lowest BCUT2D eigenvalue weighted by atomic mass is 9.53. The van der Waals surface area contributed by atoms with Crippen LogP contribution in [-0.2, 0) is 9.53 Å². The zero-order valence-corrected chi connectivity index (χ0v) is 10.6. The summed E-state index contributed by atoms with van der Waals surface area (Å²) in [6.07, 6.45) is 5.51. The molecule has 0 aromatic carbocycles. The van der Waals surface area contributed by atoms with Crippen LogP contribution in [0.4, 0.5) is 0 Å². The second-order valence-corrected chi connectivity index (χ2v) is 6.87. The number of carbonyl (C=O) groups excluding carboxylic acids is 1. The van der Waals surface area contributed by atoms with Crippen LogP contribution in [0.3, 0.4) is 0 Å². The van der Waals surface area contributed by atoms with Crippen LogP contribution in [0.5, 0.6) is 0 Å². The Morgan fingerprint density at radius 3 is 2.69 bits per heavy atom. The molecule has 0 amide bonds. The van der Waals surface area contributed by atoms with Gasteiger partial charge in [0.15, 0.2) is 0 Å². The average Bonchev–Trinajstić information content (AvgIpc) is 2.82. The maximum atomic E-state index is 12.1. The molecule has 2 nitrogen and oxygen atoms in total. The van der Waals surface area contributed by atoms with Crippen LogP contribution in [0, 0.1) is 17.3 Å². The van der Waals surface area contributed by atoms with Gasteiger partial charge in [-0.2, -0.15) is 0 Å². The highest BCUT2D eigenvalue weighted by atomic mass is 16.6. The number of ether oxygens (including phenoxy) is 1. The highest BCUT2D eigenvalue weighted by Crippen LogP contribution is 2.57. The maximum absolute atomic E-state index is 12.1. The van der Waals surface area contributed by atoms with E-state index in [9.17, 15) is 4.79 Å². The summed E-state index contributed by atoms with van der Waals surface area (Å²) in [5, 5.41) is 0. The number of rotatable bonds is 0. The Labute approximate surface area is 97.7 Å². The number of hydrogen-bond donors (Lipinski definition) is 0. The van der Waals surface area contributed by atoms with E-state index in [4.69, 9.17) is 4.74 Å². The Kier molecular flexibility index (Phi) is 2.08. The molecule has 2 heteroatoms.